The molecule has 0 aliphatic carbocycles. The van der Waals surface area contributed by atoms with E-state index in [-0.39, 0.29) is 6.04 Å². The third kappa shape index (κ3) is 2.69. The second-order valence-corrected chi connectivity index (χ2v) is 5.59. The van der Waals surface area contributed by atoms with Gasteiger partial charge in [-0.25, -0.2) is 0 Å². The van der Waals surface area contributed by atoms with Crippen LogP contribution in [0.5, 0.6) is 0 Å². The Morgan fingerprint density at radius 2 is 1.95 bits per heavy atom. The summed E-state index contributed by atoms with van der Waals surface area (Å²) in [5, 5.41) is 9.14. The van der Waals surface area contributed by atoms with Crippen molar-refractivity contribution in [2.75, 3.05) is 7.05 Å². The van der Waals surface area contributed by atoms with Crippen molar-refractivity contribution in [2.45, 2.75) is 26.4 Å². The average molecular weight is 279 g/mol. The van der Waals surface area contributed by atoms with Crippen molar-refractivity contribution in [1.29, 1.82) is 0 Å². The normalized spacial score (nSPS) is 12.7. The van der Waals surface area contributed by atoms with Crippen molar-refractivity contribution >= 4 is 10.9 Å². The molecule has 3 rings (SSSR count). The van der Waals surface area contributed by atoms with Crippen LogP contribution in [0, 0.1) is 13.8 Å². The van der Waals surface area contributed by atoms with Crippen LogP contribution in [-0.4, -0.2) is 16.8 Å². The maximum absolute atomic E-state index is 4.53. The van der Waals surface area contributed by atoms with Crippen molar-refractivity contribution < 1.29 is 0 Å². The van der Waals surface area contributed by atoms with Gasteiger partial charge in [0.15, 0.2) is 0 Å². The van der Waals surface area contributed by atoms with Gasteiger partial charge < -0.3 is 5.32 Å². The lowest BCUT2D eigenvalue weighted by atomic mass is 9.99. The molecule has 0 spiro atoms. The van der Waals surface area contributed by atoms with E-state index in [4.69, 9.17) is 0 Å². The van der Waals surface area contributed by atoms with E-state index in [9.17, 15) is 0 Å². The molecule has 1 atom stereocenters. The molecule has 0 radical (unpaired) electrons. The van der Waals surface area contributed by atoms with Gasteiger partial charge in [0.05, 0.1) is 24.3 Å². The quantitative estimate of drug-likeness (QED) is 0.790. The number of fused-ring (bicyclic) bond motifs is 1. The zero-order chi connectivity index (χ0) is 14.8. The number of nitrogens with zero attached hydrogens (tertiary/aromatic N) is 2. The first-order chi connectivity index (χ1) is 10.2. The second-order valence-electron chi connectivity index (χ2n) is 5.59. The van der Waals surface area contributed by atoms with Gasteiger partial charge in [0.2, 0.25) is 0 Å². The highest BCUT2D eigenvalue weighted by Gasteiger charge is 2.14. The molecule has 0 aliphatic rings. The summed E-state index contributed by atoms with van der Waals surface area (Å²) >= 11 is 0. The third-order valence-corrected chi connectivity index (χ3v) is 4.06. The minimum absolute atomic E-state index is 0.258. The molecule has 0 saturated carbocycles. The predicted molar refractivity (Wildman–Crippen MR) is 87.4 cm³/mol. The Kier molecular flexibility index (Phi) is 3.76. The molecule has 1 heterocycles. The van der Waals surface area contributed by atoms with Gasteiger partial charge in [-0.15, -0.1) is 0 Å². The smallest absolute Gasteiger partial charge is 0.0683 e. The minimum atomic E-state index is 0.258. The van der Waals surface area contributed by atoms with Crippen LogP contribution in [0.1, 0.15) is 22.7 Å². The summed E-state index contributed by atoms with van der Waals surface area (Å²) in [7, 11) is 2.01. The molecule has 0 amide bonds. The third-order valence-electron chi connectivity index (χ3n) is 4.06. The van der Waals surface area contributed by atoms with E-state index in [1.54, 1.807) is 0 Å². The molecule has 0 bridgehead atoms. The Labute approximate surface area is 125 Å². The van der Waals surface area contributed by atoms with Gasteiger partial charge in [-0.1, -0.05) is 42.0 Å². The molecule has 0 fully saturated rings. The number of aromatic nitrogens is 2. The molecule has 108 valence electrons. The van der Waals surface area contributed by atoms with E-state index >= 15 is 0 Å². The SMILES string of the molecule is CNC(Cn1ncc2ccccc21)c1ccc(C)cc1C. The molecule has 0 aliphatic heterocycles. The summed E-state index contributed by atoms with van der Waals surface area (Å²) in [4.78, 5) is 0. The standard InChI is InChI=1S/C18H21N3/c1-13-8-9-16(14(2)10-13)17(19-3)12-21-18-7-5-4-6-15(18)11-20-21/h4-11,17,19H,12H2,1-3H3. The van der Waals surface area contributed by atoms with Crippen molar-refractivity contribution in [1.82, 2.24) is 15.1 Å². The first-order valence-corrected chi connectivity index (χ1v) is 7.34. The summed E-state index contributed by atoms with van der Waals surface area (Å²) in [6.45, 7) is 5.13. The summed E-state index contributed by atoms with van der Waals surface area (Å²) in [6, 6.07) is 15.2. The average Bonchev–Trinajstić information content (AvgIpc) is 2.89. The van der Waals surface area contributed by atoms with Crippen LogP contribution in [0.25, 0.3) is 10.9 Å². The van der Waals surface area contributed by atoms with Crippen molar-refractivity contribution in [3.63, 3.8) is 0 Å². The number of likely N-dealkylation sites (N-methyl/N-ethyl adjacent to an activating group) is 1. The maximum atomic E-state index is 4.53. The maximum Gasteiger partial charge on any atom is 0.0683 e. The molecular formula is C18H21N3. The Bertz CT molecular complexity index is 758. The van der Waals surface area contributed by atoms with Crippen LogP contribution >= 0.6 is 0 Å². The van der Waals surface area contributed by atoms with Crippen LogP contribution in [0.4, 0.5) is 0 Å². The van der Waals surface area contributed by atoms with E-state index in [1.807, 2.05) is 19.3 Å². The Hall–Kier alpha value is -2.13. The van der Waals surface area contributed by atoms with Crippen LogP contribution in [0.2, 0.25) is 0 Å². The molecule has 1 aromatic heterocycles. The van der Waals surface area contributed by atoms with Crippen molar-refractivity contribution in [3.05, 3.63) is 65.4 Å². The van der Waals surface area contributed by atoms with Crippen molar-refractivity contribution in [3.8, 4) is 0 Å². The van der Waals surface area contributed by atoms with Crippen LogP contribution in [0.3, 0.4) is 0 Å². The highest BCUT2D eigenvalue weighted by molar-refractivity contribution is 5.78. The summed E-state index contributed by atoms with van der Waals surface area (Å²) in [5.74, 6) is 0. The molecule has 0 saturated heterocycles. The molecule has 3 nitrogen and oxygen atoms in total. The van der Waals surface area contributed by atoms with E-state index in [0.29, 0.717) is 0 Å². The monoisotopic (exact) mass is 279 g/mol. The zero-order valence-electron chi connectivity index (χ0n) is 12.8. The highest BCUT2D eigenvalue weighted by Crippen LogP contribution is 2.22. The lowest BCUT2D eigenvalue weighted by Gasteiger charge is -2.20. The first-order valence-electron chi connectivity index (χ1n) is 7.34. The summed E-state index contributed by atoms with van der Waals surface area (Å²) in [5.41, 5.74) is 5.15. The number of hydrogen-bond donors (Lipinski definition) is 1. The van der Waals surface area contributed by atoms with Crippen LogP contribution in [0.15, 0.2) is 48.7 Å². The molecule has 3 aromatic rings. The van der Waals surface area contributed by atoms with Gasteiger partial charge in [-0.05, 0) is 38.1 Å². The lowest BCUT2D eigenvalue weighted by Crippen LogP contribution is -2.23. The molecule has 2 aromatic carbocycles. The highest BCUT2D eigenvalue weighted by atomic mass is 15.3. The summed E-state index contributed by atoms with van der Waals surface area (Å²) < 4.78 is 2.08. The van der Waals surface area contributed by atoms with Gasteiger partial charge >= 0.3 is 0 Å². The largest absolute Gasteiger partial charge is 0.311 e. The van der Waals surface area contributed by atoms with Crippen LogP contribution < -0.4 is 5.32 Å². The number of para-hydroxylation sites is 1. The van der Waals surface area contributed by atoms with Gasteiger partial charge in [0.1, 0.15) is 0 Å². The Morgan fingerprint density at radius 1 is 1.14 bits per heavy atom. The van der Waals surface area contributed by atoms with E-state index < -0.39 is 0 Å². The molecule has 21 heavy (non-hydrogen) atoms. The first kappa shape index (κ1) is 13.8. The molecule has 1 unspecified atom stereocenters. The fraction of sp³-hybridized carbons (Fsp3) is 0.278. The van der Waals surface area contributed by atoms with Gasteiger partial charge in [-0.2, -0.15) is 5.10 Å². The van der Waals surface area contributed by atoms with Crippen LogP contribution in [-0.2, 0) is 6.54 Å². The molecule has 1 N–H and O–H groups in total. The Morgan fingerprint density at radius 3 is 2.71 bits per heavy atom. The van der Waals surface area contributed by atoms with E-state index in [0.717, 1.165) is 6.54 Å². The number of aryl methyl sites for hydroxylation is 2. The predicted octanol–water partition coefficient (Wildman–Crippen LogP) is 3.61. The van der Waals surface area contributed by atoms with E-state index in [2.05, 4.69) is 65.3 Å². The molecule has 3 heteroatoms. The Balaban J connectivity index is 1.94. The second kappa shape index (κ2) is 5.70. The lowest BCUT2D eigenvalue weighted by molar-refractivity contribution is 0.476. The number of rotatable bonds is 4. The van der Waals surface area contributed by atoms with Gasteiger partial charge in [0, 0.05) is 5.39 Å². The van der Waals surface area contributed by atoms with E-state index in [1.165, 1.54) is 27.6 Å². The zero-order valence-corrected chi connectivity index (χ0v) is 12.8. The molecular weight excluding hydrogens is 258 g/mol. The number of nitrogens with one attached hydrogen (secondary N) is 1. The number of hydrogen-bond acceptors (Lipinski definition) is 2. The number of benzene rings is 2. The topological polar surface area (TPSA) is 29.9 Å². The minimum Gasteiger partial charge on any atom is -0.311 e. The summed E-state index contributed by atoms with van der Waals surface area (Å²) in [6.07, 6.45) is 1.93. The van der Waals surface area contributed by atoms with Gasteiger partial charge in [-0.3, -0.25) is 4.68 Å². The van der Waals surface area contributed by atoms with Gasteiger partial charge in [0.25, 0.3) is 0 Å². The fourth-order valence-corrected chi connectivity index (χ4v) is 2.91. The van der Waals surface area contributed by atoms with Crippen molar-refractivity contribution in [2.24, 2.45) is 0 Å². The fourth-order valence-electron chi connectivity index (χ4n) is 2.91.